The highest BCUT2D eigenvalue weighted by atomic mass is 16.2. The number of carbonyl (C=O) groups is 1. The van der Waals surface area contributed by atoms with Crippen molar-refractivity contribution >= 4 is 5.91 Å². The molecule has 1 aliphatic heterocycles. The van der Waals surface area contributed by atoms with Gasteiger partial charge in [0, 0.05) is 24.2 Å². The zero-order valence-corrected chi connectivity index (χ0v) is 20.1. The first-order chi connectivity index (χ1) is 15.0. The molecule has 1 fully saturated rings. The molecule has 0 spiro atoms. The smallest absolute Gasteiger partial charge is 0.253 e. The standard InChI is InChI=1S/C27H34N4O/c1-26(2,3)21-14-20(15-22(16-21)27(4,5)6)25(32)30-13-12-23(17-30)31-18-24(28-29-31)19-10-8-7-9-11-19/h7-11,14-16,18,23H,12-13,17H2,1-6H3. The van der Waals surface area contributed by atoms with Crippen LogP contribution in [0.3, 0.4) is 0 Å². The van der Waals surface area contributed by atoms with Gasteiger partial charge in [0.05, 0.1) is 12.2 Å². The number of aromatic nitrogens is 3. The Morgan fingerprint density at radius 1 is 0.938 bits per heavy atom. The van der Waals surface area contributed by atoms with Crippen LogP contribution in [0.5, 0.6) is 0 Å². The third-order valence-corrected chi connectivity index (χ3v) is 6.32. The van der Waals surface area contributed by atoms with E-state index in [1.807, 2.05) is 46.1 Å². The Bertz CT molecular complexity index is 1070. The van der Waals surface area contributed by atoms with E-state index >= 15 is 0 Å². The molecule has 1 atom stereocenters. The molecule has 5 nitrogen and oxygen atoms in total. The molecule has 0 N–H and O–H groups in total. The van der Waals surface area contributed by atoms with Gasteiger partial charge in [0.25, 0.3) is 5.91 Å². The summed E-state index contributed by atoms with van der Waals surface area (Å²) in [5.41, 5.74) is 5.07. The summed E-state index contributed by atoms with van der Waals surface area (Å²) in [7, 11) is 0. The highest BCUT2D eigenvalue weighted by Gasteiger charge is 2.30. The first-order valence-corrected chi connectivity index (χ1v) is 11.4. The fourth-order valence-electron chi connectivity index (χ4n) is 4.14. The lowest BCUT2D eigenvalue weighted by Gasteiger charge is -2.27. The molecule has 3 aromatic rings. The van der Waals surface area contributed by atoms with Crippen molar-refractivity contribution in [2.24, 2.45) is 0 Å². The van der Waals surface area contributed by atoms with Crippen LogP contribution in [-0.2, 0) is 10.8 Å². The Morgan fingerprint density at radius 2 is 1.56 bits per heavy atom. The lowest BCUT2D eigenvalue weighted by molar-refractivity contribution is 0.0786. The van der Waals surface area contributed by atoms with Gasteiger partial charge in [0.15, 0.2) is 0 Å². The van der Waals surface area contributed by atoms with E-state index in [2.05, 4.69) is 70.1 Å². The van der Waals surface area contributed by atoms with Crippen molar-refractivity contribution in [2.75, 3.05) is 13.1 Å². The number of rotatable bonds is 3. The van der Waals surface area contributed by atoms with Gasteiger partial charge < -0.3 is 4.90 Å². The van der Waals surface area contributed by atoms with Crippen LogP contribution in [-0.4, -0.2) is 38.9 Å². The van der Waals surface area contributed by atoms with E-state index in [0.29, 0.717) is 6.54 Å². The fraction of sp³-hybridized carbons (Fsp3) is 0.444. The summed E-state index contributed by atoms with van der Waals surface area (Å²) >= 11 is 0. The molecule has 0 radical (unpaired) electrons. The van der Waals surface area contributed by atoms with Gasteiger partial charge in [-0.1, -0.05) is 83.2 Å². The molecule has 1 amide bonds. The first-order valence-electron chi connectivity index (χ1n) is 11.4. The van der Waals surface area contributed by atoms with Crippen molar-refractivity contribution in [1.29, 1.82) is 0 Å². The van der Waals surface area contributed by atoms with E-state index in [1.54, 1.807) is 0 Å². The molecular weight excluding hydrogens is 396 g/mol. The summed E-state index contributed by atoms with van der Waals surface area (Å²) in [5.74, 6) is 0.104. The van der Waals surface area contributed by atoms with Crippen molar-refractivity contribution in [2.45, 2.75) is 64.8 Å². The highest BCUT2D eigenvalue weighted by molar-refractivity contribution is 5.95. The number of hydrogen-bond acceptors (Lipinski definition) is 3. The van der Waals surface area contributed by atoms with Crippen LogP contribution in [0.4, 0.5) is 0 Å². The van der Waals surface area contributed by atoms with Crippen molar-refractivity contribution < 1.29 is 4.79 Å². The molecule has 1 aromatic heterocycles. The number of nitrogens with zero attached hydrogens (tertiary/aromatic N) is 4. The minimum Gasteiger partial charge on any atom is -0.336 e. The maximum atomic E-state index is 13.5. The Balaban J connectivity index is 1.55. The summed E-state index contributed by atoms with van der Waals surface area (Å²) in [5, 5.41) is 8.71. The van der Waals surface area contributed by atoms with E-state index in [1.165, 1.54) is 11.1 Å². The van der Waals surface area contributed by atoms with Crippen LogP contribution in [0, 0.1) is 0 Å². The van der Waals surface area contributed by atoms with Crippen LogP contribution in [0.25, 0.3) is 11.3 Å². The summed E-state index contributed by atoms with van der Waals surface area (Å²) < 4.78 is 1.92. The van der Waals surface area contributed by atoms with Crippen molar-refractivity contribution in [1.82, 2.24) is 19.9 Å². The Labute approximate surface area is 191 Å². The zero-order valence-electron chi connectivity index (χ0n) is 20.1. The van der Waals surface area contributed by atoms with Crippen molar-refractivity contribution in [3.05, 3.63) is 71.4 Å². The second-order valence-corrected chi connectivity index (χ2v) is 10.9. The third-order valence-electron chi connectivity index (χ3n) is 6.32. The van der Waals surface area contributed by atoms with Gasteiger partial charge in [-0.25, -0.2) is 4.68 Å². The lowest BCUT2D eigenvalue weighted by atomic mass is 9.79. The normalized spacial score (nSPS) is 17.1. The SMILES string of the molecule is CC(C)(C)c1cc(C(=O)N2CCC(n3cc(-c4ccccc4)nn3)C2)cc(C(C)(C)C)c1. The molecule has 168 valence electrons. The van der Waals surface area contributed by atoms with Gasteiger partial charge in [0.1, 0.15) is 5.69 Å². The lowest BCUT2D eigenvalue weighted by Crippen LogP contribution is -2.30. The van der Waals surface area contributed by atoms with Gasteiger partial charge in [-0.05, 0) is 40.5 Å². The second-order valence-electron chi connectivity index (χ2n) is 10.9. The second kappa shape index (κ2) is 8.19. The molecule has 4 rings (SSSR count). The fourth-order valence-corrected chi connectivity index (χ4v) is 4.14. The number of likely N-dealkylation sites (tertiary alicyclic amines) is 1. The summed E-state index contributed by atoms with van der Waals surface area (Å²) in [6, 6.07) is 16.6. The monoisotopic (exact) mass is 430 g/mol. The van der Waals surface area contributed by atoms with E-state index < -0.39 is 0 Å². The largest absolute Gasteiger partial charge is 0.336 e. The maximum Gasteiger partial charge on any atom is 0.253 e. The third kappa shape index (κ3) is 4.62. The van der Waals surface area contributed by atoms with Crippen LogP contribution in [0.15, 0.2) is 54.7 Å². The Morgan fingerprint density at radius 3 is 2.16 bits per heavy atom. The van der Waals surface area contributed by atoms with E-state index in [0.717, 1.165) is 29.8 Å². The van der Waals surface area contributed by atoms with E-state index in [-0.39, 0.29) is 22.8 Å². The molecule has 32 heavy (non-hydrogen) atoms. The minimum atomic E-state index is -0.0155. The van der Waals surface area contributed by atoms with Gasteiger partial charge in [-0.15, -0.1) is 5.10 Å². The van der Waals surface area contributed by atoms with Crippen LogP contribution in [0.1, 0.15) is 75.5 Å². The molecular formula is C27H34N4O. The first kappa shape index (κ1) is 22.3. The quantitative estimate of drug-likeness (QED) is 0.541. The van der Waals surface area contributed by atoms with Gasteiger partial charge in [-0.2, -0.15) is 0 Å². The van der Waals surface area contributed by atoms with Gasteiger partial charge in [0.2, 0.25) is 0 Å². The average molecular weight is 431 g/mol. The highest BCUT2D eigenvalue weighted by Crippen LogP contribution is 2.32. The summed E-state index contributed by atoms with van der Waals surface area (Å²) in [4.78, 5) is 15.5. The molecule has 1 aliphatic rings. The van der Waals surface area contributed by atoms with Crippen LogP contribution < -0.4 is 0 Å². The molecule has 2 aromatic carbocycles. The molecule has 1 saturated heterocycles. The summed E-state index contributed by atoms with van der Waals surface area (Å²) in [6.45, 7) is 14.6. The Kier molecular flexibility index (Phi) is 5.70. The topological polar surface area (TPSA) is 51.0 Å². The van der Waals surface area contributed by atoms with Gasteiger partial charge >= 0.3 is 0 Å². The molecule has 0 saturated carbocycles. The zero-order chi connectivity index (χ0) is 23.1. The predicted octanol–water partition coefficient (Wildman–Crippen LogP) is 5.63. The van der Waals surface area contributed by atoms with Crippen LogP contribution in [0.2, 0.25) is 0 Å². The molecule has 2 heterocycles. The number of hydrogen-bond donors (Lipinski definition) is 0. The molecule has 5 heteroatoms. The predicted molar refractivity (Wildman–Crippen MR) is 129 cm³/mol. The van der Waals surface area contributed by atoms with Crippen molar-refractivity contribution in [3.63, 3.8) is 0 Å². The number of amides is 1. The summed E-state index contributed by atoms with van der Waals surface area (Å²) in [6.07, 6.45) is 2.88. The average Bonchev–Trinajstić information content (AvgIpc) is 3.42. The minimum absolute atomic E-state index is 0.0155. The molecule has 0 bridgehead atoms. The number of carbonyl (C=O) groups excluding carboxylic acids is 1. The molecule has 1 unspecified atom stereocenters. The van der Waals surface area contributed by atoms with Gasteiger partial charge in [-0.3, -0.25) is 4.79 Å². The molecule has 0 aliphatic carbocycles. The van der Waals surface area contributed by atoms with E-state index in [4.69, 9.17) is 0 Å². The number of benzene rings is 2. The van der Waals surface area contributed by atoms with Crippen LogP contribution >= 0.6 is 0 Å². The van der Waals surface area contributed by atoms with E-state index in [9.17, 15) is 4.79 Å². The maximum absolute atomic E-state index is 13.5. The van der Waals surface area contributed by atoms with Crippen molar-refractivity contribution in [3.8, 4) is 11.3 Å². The Hall–Kier alpha value is -2.95.